The fourth-order valence-electron chi connectivity index (χ4n) is 2.41. The summed E-state index contributed by atoms with van der Waals surface area (Å²) in [6.45, 7) is 0. The van der Waals surface area contributed by atoms with Crippen molar-refractivity contribution >= 4 is 23.1 Å². The second-order valence-electron chi connectivity index (χ2n) is 5.83. The summed E-state index contributed by atoms with van der Waals surface area (Å²) in [6.07, 6.45) is -0.677. The van der Waals surface area contributed by atoms with E-state index in [2.05, 4.69) is 0 Å². The Bertz CT molecular complexity index is 813. The first-order valence-corrected chi connectivity index (χ1v) is 7.88. The van der Waals surface area contributed by atoms with Crippen LogP contribution in [0.15, 0.2) is 36.4 Å². The molecule has 0 saturated carbocycles. The molecule has 0 heterocycles. The molecule has 0 unspecified atom stereocenters. The van der Waals surface area contributed by atoms with E-state index in [-0.39, 0.29) is 53.4 Å². The minimum Gasteiger partial charge on any atom is -0.508 e. The van der Waals surface area contributed by atoms with Crippen LogP contribution in [-0.4, -0.2) is 43.6 Å². The first kappa shape index (κ1) is 19.6. The molecule has 2 aromatic rings. The second-order valence-corrected chi connectivity index (χ2v) is 5.83. The summed E-state index contributed by atoms with van der Waals surface area (Å²) in [5.74, 6) is -5.04. The van der Waals surface area contributed by atoms with Gasteiger partial charge in [0.25, 0.3) is 0 Å². The summed E-state index contributed by atoms with van der Waals surface area (Å²) in [4.78, 5) is 47.8. The van der Waals surface area contributed by atoms with Crippen LogP contribution in [0.4, 0.5) is 0 Å². The Morgan fingerprint density at radius 2 is 0.852 bits per heavy atom. The Kier molecular flexibility index (Phi) is 5.92. The molecule has 0 aliphatic carbocycles. The van der Waals surface area contributed by atoms with Gasteiger partial charge in [0.15, 0.2) is 0 Å². The minimum absolute atomic E-state index is 0.0647. The fourth-order valence-corrected chi connectivity index (χ4v) is 2.41. The van der Waals surface area contributed by atoms with Crippen molar-refractivity contribution in [1.82, 2.24) is 0 Å². The van der Waals surface area contributed by atoms with Crippen molar-refractivity contribution in [2.75, 3.05) is 0 Å². The van der Waals surface area contributed by atoms with Gasteiger partial charge in [-0.05, 0) is 30.7 Å². The van der Waals surface area contributed by atoms with Crippen molar-refractivity contribution < 1.29 is 39.6 Å². The Morgan fingerprint density at radius 1 is 0.556 bits per heavy atom. The molecule has 0 aliphatic rings. The number of benzene rings is 2. The van der Waals surface area contributed by atoms with Gasteiger partial charge in [0.2, 0.25) is 23.1 Å². The van der Waals surface area contributed by atoms with Gasteiger partial charge < -0.3 is 20.4 Å². The van der Waals surface area contributed by atoms with Crippen LogP contribution in [0.3, 0.4) is 0 Å². The lowest BCUT2D eigenvalue weighted by atomic mass is 9.99. The number of Topliss-reactive ketones (excluding diaryl/α,β-unsaturated/α-hetero) is 4. The number of carbonyl (C=O) groups is 4. The molecule has 0 saturated heterocycles. The van der Waals surface area contributed by atoms with E-state index in [0.29, 0.717) is 0 Å². The molecule has 0 amide bonds. The Labute approximate surface area is 153 Å². The van der Waals surface area contributed by atoms with Crippen molar-refractivity contribution in [1.29, 1.82) is 0 Å². The van der Waals surface area contributed by atoms with Crippen molar-refractivity contribution in [3.05, 3.63) is 47.5 Å². The van der Waals surface area contributed by atoms with E-state index in [1.165, 1.54) is 0 Å². The lowest BCUT2D eigenvalue weighted by Gasteiger charge is -2.04. The molecule has 27 heavy (non-hydrogen) atoms. The summed E-state index contributed by atoms with van der Waals surface area (Å²) < 4.78 is 0. The van der Waals surface area contributed by atoms with E-state index < -0.39 is 23.1 Å². The Balaban J connectivity index is 1.92. The zero-order chi connectivity index (χ0) is 20.1. The number of hydrogen-bond acceptors (Lipinski definition) is 8. The maximum atomic E-state index is 12.0. The van der Waals surface area contributed by atoms with Crippen molar-refractivity contribution in [3.8, 4) is 23.0 Å². The van der Waals surface area contributed by atoms with Gasteiger partial charge >= 0.3 is 0 Å². The summed E-state index contributed by atoms with van der Waals surface area (Å²) in [5.41, 5.74) is -0.370. The topological polar surface area (TPSA) is 149 Å². The molecule has 0 fully saturated rings. The average Bonchev–Trinajstić information content (AvgIpc) is 2.58. The van der Waals surface area contributed by atoms with E-state index in [0.717, 1.165) is 36.4 Å². The maximum Gasteiger partial charge on any atom is 0.228 e. The third-order valence-corrected chi connectivity index (χ3v) is 3.64. The predicted molar refractivity (Wildman–Crippen MR) is 92.1 cm³/mol. The van der Waals surface area contributed by atoms with Crippen LogP contribution >= 0.6 is 0 Å². The lowest BCUT2D eigenvalue weighted by Crippen LogP contribution is -2.17. The van der Waals surface area contributed by atoms with Gasteiger partial charge in [0.1, 0.15) is 23.0 Å². The van der Waals surface area contributed by atoms with E-state index in [4.69, 9.17) is 0 Å². The van der Waals surface area contributed by atoms with Crippen molar-refractivity contribution in [2.45, 2.75) is 19.3 Å². The maximum absolute atomic E-state index is 12.0. The molecule has 0 aromatic heterocycles. The average molecular weight is 372 g/mol. The highest BCUT2D eigenvalue weighted by molar-refractivity contribution is 6.45. The number of ketones is 4. The zero-order valence-corrected chi connectivity index (χ0v) is 14.0. The van der Waals surface area contributed by atoms with Crippen LogP contribution in [0, 0.1) is 0 Å². The molecule has 0 aliphatic heterocycles. The van der Waals surface area contributed by atoms with Gasteiger partial charge in [-0.15, -0.1) is 0 Å². The molecule has 0 bridgehead atoms. The zero-order valence-electron chi connectivity index (χ0n) is 14.0. The summed E-state index contributed by atoms with van der Waals surface area (Å²) in [6, 6.07) is 6.13. The van der Waals surface area contributed by atoms with Gasteiger partial charge in [-0.3, -0.25) is 19.2 Å². The molecule has 0 atom stereocenters. The molecule has 2 aromatic carbocycles. The van der Waals surface area contributed by atoms with Crippen LogP contribution in [0.25, 0.3) is 0 Å². The monoisotopic (exact) mass is 372 g/mol. The molecular formula is C19H16O8. The lowest BCUT2D eigenvalue weighted by molar-refractivity contribution is -0.116. The highest BCUT2D eigenvalue weighted by Crippen LogP contribution is 2.22. The summed E-state index contributed by atoms with van der Waals surface area (Å²) in [7, 11) is 0. The van der Waals surface area contributed by atoms with E-state index in [9.17, 15) is 39.6 Å². The third kappa shape index (κ3) is 5.15. The molecule has 140 valence electrons. The molecule has 8 nitrogen and oxygen atoms in total. The van der Waals surface area contributed by atoms with Crippen molar-refractivity contribution in [3.63, 3.8) is 0 Å². The summed E-state index contributed by atoms with van der Waals surface area (Å²) in [5, 5.41) is 37.4. The van der Waals surface area contributed by atoms with E-state index in [1.807, 2.05) is 0 Å². The molecule has 4 N–H and O–H groups in total. The van der Waals surface area contributed by atoms with Crippen LogP contribution < -0.4 is 0 Å². The molecular weight excluding hydrogens is 356 g/mol. The number of rotatable bonds is 8. The molecule has 8 heteroatoms. The molecule has 0 spiro atoms. The first-order valence-electron chi connectivity index (χ1n) is 7.88. The van der Waals surface area contributed by atoms with Gasteiger partial charge in [0.05, 0.1) is 0 Å². The largest absolute Gasteiger partial charge is 0.508 e. The van der Waals surface area contributed by atoms with Gasteiger partial charge in [-0.25, -0.2) is 0 Å². The SMILES string of the molecule is O=C(CCCC(=O)C(=O)c1cc(O)cc(O)c1)C(=O)c1cc(O)cc(O)c1. The quantitative estimate of drug-likeness (QED) is 0.405. The van der Waals surface area contributed by atoms with Gasteiger partial charge in [0, 0.05) is 36.1 Å². The predicted octanol–water partition coefficient (Wildman–Crippen LogP) is 1.88. The fraction of sp³-hybridized carbons (Fsp3) is 0.158. The molecule has 2 rings (SSSR count). The highest BCUT2D eigenvalue weighted by atomic mass is 16.3. The molecule has 0 radical (unpaired) electrons. The number of aromatic hydroxyl groups is 4. The number of phenolic OH excluding ortho intramolecular Hbond substituents is 4. The number of carbonyl (C=O) groups excluding carboxylic acids is 4. The van der Waals surface area contributed by atoms with Gasteiger partial charge in [-0.2, -0.15) is 0 Å². The van der Waals surface area contributed by atoms with Crippen molar-refractivity contribution in [2.24, 2.45) is 0 Å². The Morgan fingerprint density at radius 3 is 1.15 bits per heavy atom. The Hall–Kier alpha value is -3.68. The number of phenols is 4. The van der Waals surface area contributed by atoms with Gasteiger partial charge in [-0.1, -0.05) is 0 Å². The highest BCUT2D eigenvalue weighted by Gasteiger charge is 2.21. The summed E-state index contributed by atoms with van der Waals surface area (Å²) >= 11 is 0. The smallest absolute Gasteiger partial charge is 0.228 e. The normalized spacial score (nSPS) is 10.4. The number of hydrogen-bond donors (Lipinski definition) is 4. The third-order valence-electron chi connectivity index (χ3n) is 3.64. The van der Waals surface area contributed by atoms with E-state index >= 15 is 0 Å². The van der Waals surface area contributed by atoms with Crippen LogP contribution in [0.5, 0.6) is 23.0 Å². The van der Waals surface area contributed by atoms with Crippen LogP contribution in [0.2, 0.25) is 0 Å². The standard InChI is InChI=1S/C19H16O8/c20-12-4-10(5-13(21)8-12)18(26)16(24)2-1-3-17(25)19(27)11-6-14(22)9-15(23)7-11/h4-9,20-23H,1-3H2. The van der Waals surface area contributed by atoms with E-state index in [1.54, 1.807) is 0 Å². The van der Waals surface area contributed by atoms with Crippen LogP contribution in [-0.2, 0) is 9.59 Å². The first-order chi connectivity index (χ1) is 12.7. The second kappa shape index (κ2) is 8.13. The van der Waals surface area contributed by atoms with Crippen LogP contribution in [0.1, 0.15) is 40.0 Å². The minimum atomic E-state index is -0.933.